The lowest BCUT2D eigenvalue weighted by Crippen LogP contribution is -2.43. The van der Waals surface area contributed by atoms with Crippen molar-refractivity contribution in [3.8, 4) is 0 Å². The second-order valence-electron chi connectivity index (χ2n) is 5.64. The van der Waals surface area contributed by atoms with E-state index in [9.17, 15) is 4.39 Å². The highest BCUT2D eigenvalue weighted by atomic mass is 32.2. The van der Waals surface area contributed by atoms with Crippen LogP contribution in [0.5, 0.6) is 0 Å². The van der Waals surface area contributed by atoms with Crippen molar-refractivity contribution in [2.75, 3.05) is 26.4 Å². The van der Waals surface area contributed by atoms with Crippen LogP contribution in [0.2, 0.25) is 0 Å². The third kappa shape index (κ3) is 6.38. The Balaban J connectivity index is 2.42. The molecule has 0 spiro atoms. The molecular weight excluding hydrogens is 285 g/mol. The van der Waals surface area contributed by atoms with Gasteiger partial charge < -0.3 is 10.6 Å². The van der Waals surface area contributed by atoms with Gasteiger partial charge in [0.2, 0.25) is 0 Å². The molecule has 0 aliphatic carbocycles. The molecule has 0 saturated carbocycles. The van der Waals surface area contributed by atoms with Crippen LogP contribution < -0.4 is 10.6 Å². The fourth-order valence-electron chi connectivity index (χ4n) is 1.84. The summed E-state index contributed by atoms with van der Waals surface area (Å²) >= 11 is 1.82. The number of benzene rings is 1. The second kappa shape index (κ2) is 8.27. The van der Waals surface area contributed by atoms with Crippen molar-refractivity contribution >= 4 is 17.7 Å². The van der Waals surface area contributed by atoms with Crippen LogP contribution in [-0.4, -0.2) is 37.1 Å². The maximum Gasteiger partial charge on any atom is 0.191 e. The minimum Gasteiger partial charge on any atom is -0.356 e. The molecule has 5 heteroatoms. The van der Waals surface area contributed by atoms with Crippen molar-refractivity contribution in [3.63, 3.8) is 0 Å². The largest absolute Gasteiger partial charge is 0.356 e. The molecule has 1 rings (SSSR count). The van der Waals surface area contributed by atoms with Gasteiger partial charge in [-0.05, 0) is 56.7 Å². The molecule has 0 heterocycles. The molecule has 0 atom stereocenters. The summed E-state index contributed by atoms with van der Waals surface area (Å²) in [7, 11) is 1.77. The molecule has 0 aromatic heterocycles. The fourth-order valence-corrected chi connectivity index (χ4v) is 2.06. The van der Waals surface area contributed by atoms with E-state index in [1.807, 2.05) is 24.8 Å². The second-order valence-corrected chi connectivity index (χ2v) is 7.15. The van der Waals surface area contributed by atoms with E-state index in [-0.39, 0.29) is 10.6 Å². The lowest BCUT2D eigenvalue weighted by atomic mass is 10.1. The molecule has 0 aliphatic heterocycles. The number of guanidine groups is 1. The average Bonchev–Trinajstić information content (AvgIpc) is 2.44. The molecular formula is C16H26FN3S. The minimum absolute atomic E-state index is 0.172. The molecule has 0 amide bonds. The van der Waals surface area contributed by atoms with Crippen molar-refractivity contribution in [2.24, 2.45) is 4.99 Å². The van der Waals surface area contributed by atoms with Crippen molar-refractivity contribution in [1.82, 2.24) is 10.6 Å². The number of rotatable bonds is 6. The summed E-state index contributed by atoms with van der Waals surface area (Å²) in [5.41, 5.74) is 2.15. The summed E-state index contributed by atoms with van der Waals surface area (Å²) < 4.78 is 13.2. The topological polar surface area (TPSA) is 36.4 Å². The molecule has 21 heavy (non-hydrogen) atoms. The zero-order chi connectivity index (χ0) is 15.9. The molecule has 1 aromatic rings. The van der Waals surface area contributed by atoms with E-state index < -0.39 is 0 Å². The lowest BCUT2D eigenvalue weighted by molar-refractivity contribution is 0.625. The first kappa shape index (κ1) is 17.8. The molecule has 2 N–H and O–H groups in total. The van der Waals surface area contributed by atoms with Gasteiger partial charge in [0.05, 0.1) is 0 Å². The Morgan fingerprint density at radius 1 is 1.33 bits per heavy atom. The molecule has 118 valence electrons. The van der Waals surface area contributed by atoms with E-state index >= 15 is 0 Å². The Kier molecular flexibility index (Phi) is 7.02. The van der Waals surface area contributed by atoms with E-state index in [4.69, 9.17) is 0 Å². The normalized spacial score (nSPS) is 12.4. The van der Waals surface area contributed by atoms with E-state index in [0.29, 0.717) is 0 Å². The van der Waals surface area contributed by atoms with Gasteiger partial charge in [-0.3, -0.25) is 4.99 Å². The zero-order valence-electron chi connectivity index (χ0n) is 13.6. The van der Waals surface area contributed by atoms with Crippen LogP contribution in [0.4, 0.5) is 4.39 Å². The summed E-state index contributed by atoms with van der Waals surface area (Å²) in [5.74, 6) is 0.623. The Morgan fingerprint density at radius 2 is 2.05 bits per heavy atom. The molecule has 0 bridgehead atoms. The summed E-state index contributed by atoms with van der Waals surface area (Å²) in [6, 6.07) is 4.93. The van der Waals surface area contributed by atoms with Crippen LogP contribution in [0.1, 0.15) is 25.0 Å². The first-order valence-electron chi connectivity index (χ1n) is 7.12. The Bertz CT molecular complexity index is 486. The number of hydrogen-bond donors (Lipinski definition) is 2. The third-order valence-electron chi connectivity index (χ3n) is 3.45. The van der Waals surface area contributed by atoms with Gasteiger partial charge in [-0.2, -0.15) is 11.8 Å². The van der Waals surface area contributed by atoms with Crippen LogP contribution >= 0.6 is 11.8 Å². The van der Waals surface area contributed by atoms with Crippen molar-refractivity contribution in [2.45, 2.75) is 31.9 Å². The number of nitrogens with one attached hydrogen (secondary N) is 2. The standard InChI is InChI=1S/C16H26FN3S/c1-12-10-14(17)7-6-13(12)8-9-19-15(18-4)20-11-16(2,3)21-5/h6-7,10H,8-9,11H2,1-5H3,(H2,18,19,20). The minimum atomic E-state index is -0.180. The summed E-state index contributed by atoms with van der Waals surface area (Å²) in [4.78, 5) is 4.22. The third-order valence-corrected chi connectivity index (χ3v) is 4.70. The van der Waals surface area contributed by atoms with Gasteiger partial charge in [0.1, 0.15) is 5.82 Å². The van der Waals surface area contributed by atoms with Gasteiger partial charge in [0, 0.05) is 24.9 Å². The molecule has 0 fully saturated rings. The van der Waals surface area contributed by atoms with Crippen molar-refractivity contribution in [3.05, 3.63) is 35.1 Å². The molecule has 0 radical (unpaired) electrons. The quantitative estimate of drug-likeness (QED) is 0.626. The molecule has 1 aromatic carbocycles. The first-order valence-corrected chi connectivity index (χ1v) is 8.35. The highest BCUT2D eigenvalue weighted by molar-refractivity contribution is 7.99. The van der Waals surface area contributed by atoms with E-state index in [0.717, 1.165) is 36.6 Å². The zero-order valence-corrected chi connectivity index (χ0v) is 14.4. The predicted molar refractivity (Wildman–Crippen MR) is 91.8 cm³/mol. The smallest absolute Gasteiger partial charge is 0.191 e. The molecule has 0 aliphatic rings. The fraction of sp³-hybridized carbons (Fsp3) is 0.562. The highest BCUT2D eigenvalue weighted by Crippen LogP contribution is 2.19. The van der Waals surface area contributed by atoms with Crippen LogP contribution in [0, 0.1) is 12.7 Å². The summed E-state index contributed by atoms with van der Waals surface area (Å²) in [5, 5.41) is 6.62. The highest BCUT2D eigenvalue weighted by Gasteiger charge is 2.15. The van der Waals surface area contributed by atoms with Gasteiger partial charge >= 0.3 is 0 Å². The summed E-state index contributed by atoms with van der Waals surface area (Å²) in [6.07, 6.45) is 2.95. The Morgan fingerprint density at radius 3 is 2.62 bits per heavy atom. The van der Waals surface area contributed by atoms with E-state index in [2.05, 4.69) is 35.7 Å². The monoisotopic (exact) mass is 311 g/mol. The number of aryl methyl sites for hydroxylation is 1. The molecule has 0 saturated heterocycles. The maximum atomic E-state index is 13.1. The van der Waals surface area contributed by atoms with Gasteiger partial charge in [0.15, 0.2) is 5.96 Å². The van der Waals surface area contributed by atoms with Crippen LogP contribution in [0.25, 0.3) is 0 Å². The van der Waals surface area contributed by atoms with Crippen LogP contribution in [0.3, 0.4) is 0 Å². The van der Waals surface area contributed by atoms with Crippen LogP contribution in [0.15, 0.2) is 23.2 Å². The average molecular weight is 311 g/mol. The number of aliphatic imine (C=N–C) groups is 1. The summed E-state index contributed by atoms with van der Waals surface area (Å²) in [6.45, 7) is 7.95. The Hall–Kier alpha value is -1.23. The number of thioether (sulfide) groups is 1. The molecule has 0 unspecified atom stereocenters. The van der Waals surface area contributed by atoms with Crippen molar-refractivity contribution < 1.29 is 4.39 Å². The van der Waals surface area contributed by atoms with Crippen LogP contribution in [-0.2, 0) is 6.42 Å². The molecule has 3 nitrogen and oxygen atoms in total. The van der Waals surface area contributed by atoms with Gasteiger partial charge in [-0.15, -0.1) is 0 Å². The Labute approximate surface area is 131 Å². The van der Waals surface area contributed by atoms with Crippen molar-refractivity contribution in [1.29, 1.82) is 0 Å². The maximum absolute atomic E-state index is 13.1. The van der Waals surface area contributed by atoms with Gasteiger partial charge in [-0.1, -0.05) is 6.07 Å². The number of halogens is 1. The van der Waals surface area contributed by atoms with Gasteiger partial charge in [-0.25, -0.2) is 4.39 Å². The SMILES string of the molecule is CN=C(NCCc1ccc(F)cc1C)NCC(C)(C)SC. The predicted octanol–water partition coefficient (Wildman–Crippen LogP) is 2.98. The van der Waals surface area contributed by atoms with E-state index in [1.165, 1.54) is 6.07 Å². The number of hydrogen-bond acceptors (Lipinski definition) is 2. The lowest BCUT2D eigenvalue weighted by Gasteiger charge is -2.23. The number of nitrogens with zero attached hydrogens (tertiary/aromatic N) is 1. The van der Waals surface area contributed by atoms with Gasteiger partial charge in [0.25, 0.3) is 0 Å². The first-order chi connectivity index (χ1) is 9.88. The van der Waals surface area contributed by atoms with E-state index in [1.54, 1.807) is 13.1 Å².